The van der Waals surface area contributed by atoms with Crippen LogP contribution in [0.4, 0.5) is 0 Å². The van der Waals surface area contributed by atoms with Crippen LogP contribution in [0.3, 0.4) is 0 Å². The van der Waals surface area contributed by atoms with E-state index in [4.69, 9.17) is 10.8 Å². The van der Waals surface area contributed by atoms with Crippen molar-refractivity contribution < 1.29 is 34.2 Å². The van der Waals surface area contributed by atoms with E-state index >= 15 is 0 Å². The summed E-state index contributed by atoms with van der Waals surface area (Å²) in [5.74, 6) is -4.13. The minimum Gasteiger partial charge on any atom is -0.480 e. The van der Waals surface area contributed by atoms with Gasteiger partial charge in [-0.25, -0.2) is 0 Å². The monoisotopic (exact) mass is 347 g/mol. The van der Waals surface area contributed by atoms with E-state index in [0.717, 1.165) is 0 Å². The van der Waals surface area contributed by atoms with Gasteiger partial charge in [0.2, 0.25) is 23.6 Å². The molecule has 0 aromatic heterocycles. The van der Waals surface area contributed by atoms with Crippen molar-refractivity contribution in [1.29, 1.82) is 0 Å². The summed E-state index contributed by atoms with van der Waals surface area (Å²) < 4.78 is 0. The molecule has 12 heteroatoms. The van der Waals surface area contributed by atoms with Gasteiger partial charge in [-0.3, -0.25) is 24.0 Å². The summed E-state index contributed by atoms with van der Waals surface area (Å²) in [5, 5.41) is 26.4. The van der Waals surface area contributed by atoms with E-state index in [0.29, 0.717) is 0 Å². The number of hydrogen-bond acceptors (Lipinski definition) is 7. The zero-order valence-corrected chi connectivity index (χ0v) is 13.0. The van der Waals surface area contributed by atoms with E-state index in [2.05, 4.69) is 16.0 Å². The number of carbonyl (C=O) groups excluding carboxylic acids is 4. The summed E-state index contributed by atoms with van der Waals surface area (Å²) in [4.78, 5) is 55.8. The minimum atomic E-state index is -1.28. The Morgan fingerprint density at radius 2 is 1.42 bits per heavy atom. The third-order valence-corrected chi connectivity index (χ3v) is 2.57. The predicted molar refractivity (Wildman–Crippen MR) is 79.3 cm³/mol. The van der Waals surface area contributed by atoms with Gasteiger partial charge in [0.15, 0.2) is 0 Å². The van der Waals surface area contributed by atoms with Gasteiger partial charge in [-0.2, -0.15) is 0 Å². The molecule has 0 heterocycles. The molecule has 136 valence electrons. The summed E-state index contributed by atoms with van der Waals surface area (Å²) in [5.41, 5.74) is 5.09. The van der Waals surface area contributed by atoms with Gasteiger partial charge in [0.05, 0.1) is 25.7 Å². The quantitative estimate of drug-likeness (QED) is 0.204. The lowest BCUT2D eigenvalue weighted by molar-refractivity contribution is -0.137. The molecule has 0 saturated carbocycles. The molecule has 0 radical (unpaired) electrons. The van der Waals surface area contributed by atoms with Crippen molar-refractivity contribution in [3.05, 3.63) is 0 Å². The lowest BCUT2D eigenvalue weighted by atomic mass is 10.1. The van der Waals surface area contributed by atoms with Crippen LogP contribution in [0.15, 0.2) is 0 Å². The van der Waals surface area contributed by atoms with Crippen molar-refractivity contribution in [3.8, 4) is 0 Å². The van der Waals surface area contributed by atoms with E-state index in [9.17, 15) is 29.1 Å². The summed E-state index contributed by atoms with van der Waals surface area (Å²) in [6.07, 6.45) is -1.22. The van der Waals surface area contributed by atoms with Crippen molar-refractivity contribution in [2.75, 3.05) is 26.2 Å². The third-order valence-electron chi connectivity index (χ3n) is 2.57. The molecule has 0 spiro atoms. The van der Waals surface area contributed by atoms with E-state index in [1.165, 1.54) is 6.92 Å². The second-order valence-electron chi connectivity index (χ2n) is 4.65. The van der Waals surface area contributed by atoms with E-state index in [-0.39, 0.29) is 6.54 Å². The standard InChI is InChI=1S/C12H21N5O7/c1-6(18)11(17-7(19)2-13)12(24)16-4-9(21)14-3-8(20)15-5-10(22)23/h6,11,18H,2-5,13H2,1H3,(H,14,21)(H,15,20)(H,16,24)(H,17,19)(H,22,23)/t6-,11+/m1/s1. The summed E-state index contributed by atoms with van der Waals surface area (Å²) in [6.45, 7) is -0.656. The van der Waals surface area contributed by atoms with Crippen LogP contribution in [0.25, 0.3) is 0 Å². The predicted octanol–water partition coefficient (Wildman–Crippen LogP) is -4.76. The first-order valence-corrected chi connectivity index (χ1v) is 6.87. The highest BCUT2D eigenvalue weighted by Crippen LogP contribution is 1.93. The first-order chi connectivity index (χ1) is 11.2. The van der Waals surface area contributed by atoms with Gasteiger partial charge in [0.25, 0.3) is 0 Å². The Morgan fingerprint density at radius 3 is 1.88 bits per heavy atom. The van der Waals surface area contributed by atoms with Crippen LogP contribution in [-0.4, -0.2) is 78.1 Å². The van der Waals surface area contributed by atoms with Crippen LogP contribution in [-0.2, 0) is 24.0 Å². The van der Waals surface area contributed by atoms with Crippen molar-refractivity contribution in [3.63, 3.8) is 0 Å². The zero-order valence-electron chi connectivity index (χ0n) is 13.0. The molecule has 0 aliphatic heterocycles. The Morgan fingerprint density at radius 1 is 0.917 bits per heavy atom. The summed E-state index contributed by atoms with van der Waals surface area (Å²) in [6, 6.07) is -1.28. The molecule has 0 aromatic rings. The molecule has 12 nitrogen and oxygen atoms in total. The average molecular weight is 347 g/mol. The molecule has 0 fully saturated rings. The molecule has 8 N–H and O–H groups in total. The third kappa shape index (κ3) is 9.32. The van der Waals surface area contributed by atoms with Gasteiger partial charge in [-0.1, -0.05) is 0 Å². The fourth-order valence-corrected chi connectivity index (χ4v) is 1.39. The summed E-state index contributed by atoms with van der Waals surface area (Å²) >= 11 is 0. The van der Waals surface area contributed by atoms with Crippen LogP contribution < -0.4 is 27.0 Å². The van der Waals surface area contributed by atoms with E-state index < -0.39 is 61.4 Å². The highest BCUT2D eigenvalue weighted by molar-refractivity contribution is 5.92. The number of carbonyl (C=O) groups is 5. The lowest BCUT2D eigenvalue weighted by Crippen LogP contribution is -2.55. The van der Waals surface area contributed by atoms with Crippen molar-refractivity contribution in [1.82, 2.24) is 21.3 Å². The number of hydrogen-bond donors (Lipinski definition) is 7. The molecule has 24 heavy (non-hydrogen) atoms. The van der Waals surface area contributed by atoms with Gasteiger partial charge in [-0.05, 0) is 6.92 Å². The Hall–Kier alpha value is -2.73. The van der Waals surface area contributed by atoms with Gasteiger partial charge in [-0.15, -0.1) is 0 Å². The molecule has 0 rings (SSSR count). The van der Waals surface area contributed by atoms with Crippen molar-refractivity contribution >= 4 is 29.6 Å². The number of carboxylic acid groups (broad SMARTS) is 1. The molecule has 0 aliphatic rings. The molecule has 4 amide bonds. The Kier molecular flexibility index (Phi) is 9.67. The number of aliphatic hydroxyl groups is 1. The Bertz CT molecular complexity index is 494. The molecule has 0 saturated heterocycles. The van der Waals surface area contributed by atoms with Gasteiger partial charge < -0.3 is 37.2 Å². The fraction of sp³-hybridized carbons (Fsp3) is 0.583. The van der Waals surface area contributed by atoms with Crippen molar-refractivity contribution in [2.45, 2.75) is 19.1 Å². The molecule has 2 atom stereocenters. The van der Waals surface area contributed by atoms with Gasteiger partial charge >= 0.3 is 5.97 Å². The van der Waals surface area contributed by atoms with Crippen molar-refractivity contribution in [2.24, 2.45) is 5.73 Å². The zero-order chi connectivity index (χ0) is 18.7. The van der Waals surface area contributed by atoms with E-state index in [1.54, 1.807) is 0 Å². The smallest absolute Gasteiger partial charge is 0.322 e. The highest BCUT2D eigenvalue weighted by Gasteiger charge is 2.25. The number of rotatable bonds is 10. The van der Waals surface area contributed by atoms with Crippen LogP contribution in [0, 0.1) is 0 Å². The number of nitrogens with one attached hydrogen (secondary N) is 4. The number of carboxylic acids is 1. The SMILES string of the molecule is C[C@@H](O)[C@H](NC(=O)CN)C(=O)NCC(=O)NCC(=O)NCC(=O)O. The van der Waals surface area contributed by atoms with Crippen LogP contribution in [0.2, 0.25) is 0 Å². The second-order valence-corrected chi connectivity index (χ2v) is 4.65. The maximum absolute atomic E-state index is 11.8. The number of aliphatic hydroxyl groups excluding tert-OH is 1. The number of aliphatic carboxylic acids is 1. The first kappa shape index (κ1) is 21.3. The second kappa shape index (κ2) is 10.9. The average Bonchev–Trinajstić information content (AvgIpc) is 2.52. The molecule has 0 unspecified atom stereocenters. The van der Waals surface area contributed by atoms with Gasteiger partial charge in [0, 0.05) is 0 Å². The Balaban J connectivity index is 4.23. The minimum absolute atomic E-state index is 0.373. The lowest BCUT2D eigenvalue weighted by Gasteiger charge is -2.20. The topological polar surface area (TPSA) is 200 Å². The normalized spacial score (nSPS) is 12.5. The Labute approximate surface area is 137 Å². The maximum Gasteiger partial charge on any atom is 0.322 e. The molecule has 0 aromatic carbocycles. The maximum atomic E-state index is 11.8. The highest BCUT2D eigenvalue weighted by atomic mass is 16.4. The fourth-order valence-electron chi connectivity index (χ4n) is 1.39. The van der Waals surface area contributed by atoms with E-state index in [1.807, 2.05) is 5.32 Å². The first-order valence-electron chi connectivity index (χ1n) is 6.87. The number of amides is 4. The number of nitrogens with two attached hydrogens (primary N) is 1. The van der Waals surface area contributed by atoms with Crippen LogP contribution in [0.1, 0.15) is 6.92 Å². The summed E-state index contributed by atoms with van der Waals surface area (Å²) in [7, 11) is 0. The molecular formula is C12H21N5O7. The molecule has 0 aliphatic carbocycles. The van der Waals surface area contributed by atoms with Crippen LogP contribution in [0.5, 0.6) is 0 Å². The molecular weight excluding hydrogens is 326 g/mol. The van der Waals surface area contributed by atoms with Crippen LogP contribution >= 0.6 is 0 Å². The van der Waals surface area contributed by atoms with Gasteiger partial charge in [0.1, 0.15) is 12.6 Å². The molecule has 0 bridgehead atoms. The largest absolute Gasteiger partial charge is 0.480 e.